The highest BCUT2D eigenvalue weighted by molar-refractivity contribution is 14.0. The summed E-state index contributed by atoms with van der Waals surface area (Å²) in [5.74, 6) is 1.27. The number of nitrogens with zero attached hydrogens (tertiary/aromatic N) is 3. The van der Waals surface area contributed by atoms with Crippen molar-refractivity contribution in [2.24, 2.45) is 16.6 Å². The summed E-state index contributed by atoms with van der Waals surface area (Å²) in [5, 5.41) is 0. The Kier molecular flexibility index (Phi) is 8.83. The topological polar surface area (TPSA) is 44.9 Å². The van der Waals surface area contributed by atoms with Crippen molar-refractivity contribution in [3.05, 3.63) is 35.6 Å². The van der Waals surface area contributed by atoms with Crippen LogP contribution in [0.15, 0.2) is 29.3 Å². The maximum atomic E-state index is 12.9. The van der Waals surface area contributed by atoms with Gasteiger partial charge in [0.25, 0.3) is 0 Å². The summed E-state index contributed by atoms with van der Waals surface area (Å²) in [4.78, 5) is 8.84. The first-order valence-electron chi connectivity index (χ1n) is 8.02. The predicted octanol–water partition coefficient (Wildman–Crippen LogP) is 2.92. The molecule has 0 aromatic heterocycles. The third-order valence-electron chi connectivity index (χ3n) is 4.23. The van der Waals surface area contributed by atoms with Crippen LogP contribution in [0.25, 0.3) is 0 Å². The van der Waals surface area contributed by atoms with Crippen LogP contribution in [0.5, 0.6) is 0 Å². The molecule has 1 aromatic carbocycles. The van der Waals surface area contributed by atoms with Gasteiger partial charge < -0.3 is 15.5 Å². The summed E-state index contributed by atoms with van der Waals surface area (Å²) in [6.45, 7) is 6.63. The van der Waals surface area contributed by atoms with Crippen LogP contribution in [0.3, 0.4) is 0 Å². The standard InChI is InChI=1S/C17H27FN4.HI/c1-14-7-10-22(11-8-14)17(19)20-9-12-21(2)13-15-3-5-16(18)6-4-15;/h3-6,14H,7-13H2,1-2H3,(H2,19,20);1H. The Balaban J connectivity index is 0.00000264. The normalized spacial score (nSPS) is 16.5. The average Bonchev–Trinajstić information content (AvgIpc) is 2.50. The quantitative estimate of drug-likeness (QED) is 0.441. The van der Waals surface area contributed by atoms with Crippen LogP contribution in [0.2, 0.25) is 0 Å². The second-order valence-electron chi connectivity index (χ2n) is 6.27. The fourth-order valence-corrected chi connectivity index (χ4v) is 2.65. The minimum absolute atomic E-state index is 0. The number of rotatable bonds is 5. The molecule has 0 atom stereocenters. The Bertz CT molecular complexity index is 484. The van der Waals surface area contributed by atoms with E-state index in [1.54, 1.807) is 0 Å². The van der Waals surface area contributed by atoms with Crippen LogP contribution >= 0.6 is 24.0 Å². The van der Waals surface area contributed by atoms with Gasteiger partial charge in [0.2, 0.25) is 0 Å². The Morgan fingerprint density at radius 3 is 2.52 bits per heavy atom. The molecule has 0 unspecified atom stereocenters. The smallest absolute Gasteiger partial charge is 0.191 e. The van der Waals surface area contributed by atoms with Crippen molar-refractivity contribution < 1.29 is 4.39 Å². The first kappa shape index (κ1) is 20.2. The molecule has 1 aromatic rings. The summed E-state index contributed by atoms with van der Waals surface area (Å²) < 4.78 is 12.9. The van der Waals surface area contributed by atoms with Crippen LogP contribution in [-0.2, 0) is 6.54 Å². The highest BCUT2D eigenvalue weighted by atomic mass is 127. The van der Waals surface area contributed by atoms with E-state index in [9.17, 15) is 4.39 Å². The molecule has 1 aliphatic rings. The van der Waals surface area contributed by atoms with Gasteiger partial charge >= 0.3 is 0 Å². The van der Waals surface area contributed by atoms with Gasteiger partial charge in [0.15, 0.2) is 5.96 Å². The van der Waals surface area contributed by atoms with Gasteiger partial charge in [0.05, 0.1) is 6.54 Å². The summed E-state index contributed by atoms with van der Waals surface area (Å²) in [7, 11) is 2.04. The third kappa shape index (κ3) is 7.03. The first-order valence-corrected chi connectivity index (χ1v) is 8.02. The van der Waals surface area contributed by atoms with Gasteiger partial charge in [-0.1, -0.05) is 19.1 Å². The molecule has 0 bridgehead atoms. The number of piperidine rings is 1. The molecule has 6 heteroatoms. The Morgan fingerprint density at radius 1 is 1.30 bits per heavy atom. The van der Waals surface area contributed by atoms with Gasteiger partial charge in [-0.05, 0) is 43.5 Å². The van der Waals surface area contributed by atoms with Crippen molar-refractivity contribution in [2.75, 3.05) is 33.2 Å². The second kappa shape index (κ2) is 10.1. The molecular weight excluding hydrogens is 406 g/mol. The van der Waals surface area contributed by atoms with Gasteiger partial charge in [0, 0.05) is 26.2 Å². The maximum Gasteiger partial charge on any atom is 0.191 e. The van der Waals surface area contributed by atoms with Crippen molar-refractivity contribution in [3.8, 4) is 0 Å². The van der Waals surface area contributed by atoms with Crippen molar-refractivity contribution in [1.82, 2.24) is 9.80 Å². The van der Waals surface area contributed by atoms with Crippen LogP contribution < -0.4 is 5.73 Å². The molecule has 1 heterocycles. The van der Waals surface area contributed by atoms with Gasteiger partial charge in [-0.2, -0.15) is 0 Å². The van der Waals surface area contributed by atoms with Crippen molar-refractivity contribution >= 4 is 29.9 Å². The molecule has 2 N–H and O–H groups in total. The molecule has 0 saturated carbocycles. The maximum absolute atomic E-state index is 12.9. The van der Waals surface area contributed by atoms with Crippen molar-refractivity contribution in [2.45, 2.75) is 26.3 Å². The highest BCUT2D eigenvalue weighted by Crippen LogP contribution is 2.15. The zero-order chi connectivity index (χ0) is 15.9. The lowest BCUT2D eigenvalue weighted by molar-refractivity contribution is 0.276. The Labute approximate surface area is 156 Å². The minimum atomic E-state index is -0.195. The van der Waals surface area contributed by atoms with Crippen LogP contribution in [0, 0.1) is 11.7 Å². The number of guanidine groups is 1. The molecule has 23 heavy (non-hydrogen) atoms. The first-order chi connectivity index (χ1) is 10.5. The van der Waals surface area contributed by atoms with E-state index in [0.717, 1.165) is 37.7 Å². The lowest BCUT2D eigenvalue weighted by Crippen LogP contribution is -2.42. The highest BCUT2D eigenvalue weighted by Gasteiger charge is 2.16. The SMILES string of the molecule is CC1CCN(C(N)=NCCN(C)Cc2ccc(F)cc2)CC1.I. The number of aliphatic imine (C=N–C) groups is 1. The summed E-state index contributed by atoms with van der Waals surface area (Å²) in [6, 6.07) is 6.63. The van der Waals surface area contributed by atoms with E-state index in [2.05, 4.69) is 21.7 Å². The molecule has 0 radical (unpaired) electrons. The van der Waals surface area contributed by atoms with Crippen LogP contribution in [0.4, 0.5) is 4.39 Å². The average molecular weight is 434 g/mol. The van der Waals surface area contributed by atoms with Crippen molar-refractivity contribution in [3.63, 3.8) is 0 Å². The van der Waals surface area contributed by atoms with E-state index in [4.69, 9.17) is 5.73 Å². The lowest BCUT2D eigenvalue weighted by atomic mass is 10.00. The number of benzene rings is 1. The molecule has 2 rings (SSSR count). The molecule has 4 nitrogen and oxygen atoms in total. The molecule has 0 spiro atoms. The number of likely N-dealkylation sites (N-methyl/N-ethyl adjacent to an activating group) is 1. The largest absolute Gasteiger partial charge is 0.370 e. The van der Waals surface area contributed by atoms with Crippen LogP contribution in [0.1, 0.15) is 25.3 Å². The number of nitrogens with two attached hydrogens (primary N) is 1. The van der Waals surface area contributed by atoms with Crippen molar-refractivity contribution in [1.29, 1.82) is 0 Å². The minimum Gasteiger partial charge on any atom is -0.370 e. The van der Waals surface area contributed by atoms with E-state index < -0.39 is 0 Å². The van der Waals surface area contributed by atoms with Gasteiger partial charge in [-0.25, -0.2) is 4.39 Å². The molecule has 1 fully saturated rings. The summed E-state index contributed by atoms with van der Waals surface area (Å²) in [5.41, 5.74) is 7.17. The molecule has 0 amide bonds. The molecule has 1 saturated heterocycles. The fourth-order valence-electron chi connectivity index (χ4n) is 2.65. The predicted molar refractivity (Wildman–Crippen MR) is 105 cm³/mol. The lowest BCUT2D eigenvalue weighted by Gasteiger charge is -2.31. The molecular formula is C17H28FIN4. The fraction of sp³-hybridized carbons (Fsp3) is 0.588. The summed E-state index contributed by atoms with van der Waals surface area (Å²) >= 11 is 0. The zero-order valence-electron chi connectivity index (χ0n) is 14.0. The van der Waals surface area contributed by atoms with Crippen LogP contribution in [-0.4, -0.2) is 49.0 Å². The number of hydrogen-bond acceptors (Lipinski definition) is 2. The Hall–Kier alpha value is -0.890. The molecule has 1 aliphatic heterocycles. The van der Waals surface area contributed by atoms with E-state index >= 15 is 0 Å². The number of likely N-dealkylation sites (tertiary alicyclic amines) is 1. The van der Waals surface area contributed by atoms with E-state index in [1.807, 2.05) is 19.2 Å². The molecule has 0 aliphatic carbocycles. The van der Waals surface area contributed by atoms with Gasteiger partial charge in [-0.3, -0.25) is 4.99 Å². The second-order valence-corrected chi connectivity index (χ2v) is 6.27. The number of halogens is 2. The van der Waals surface area contributed by atoms with Gasteiger partial charge in [-0.15, -0.1) is 24.0 Å². The van der Waals surface area contributed by atoms with E-state index in [-0.39, 0.29) is 29.8 Å². The van der Waals surface area contributed by atoms with E-state index in [0.29, 0.717) is 12.5 Å². The monoisotopic (exact) mass is 434 g/mol. The zero-order valence-corrected chi connectivity index (χ0v) is 16.4. The Morgan fingerprint density at radius 2 is 1.91 bits per heavy atom. The van der Waals surface area contributed by atoms with Gasteiger partial charge in [0.1, 0.15) is 5.82 Å². The summed E-state index contributed by atoms with van der Waals surface area (Å²) in [6.07, 6.45) is 2.39. The third-order valence-corrected chi connectivity index (χ3v) is 4.23. The molecule has 130 valence electrons. The van der Waals surface area contributed by atoms with E-state index in [1.165, 1.54) is 25.0 Å². The number of hydrogen-bond donors (Lipinski definition) is 1.